The summed E-state index contributed by atoms with van der Waals surface area (Å²) in [5, 5.41) is 3.40. The maximum Gasteiger partial charge on any atom is 0.246 e. The Morgan fingerprint density at radius 1 is 1.29 bits per heavy atom. The smallest absolute Gasteiger partial charge is 0.246 e. The Bertz CT molecular complexity index is 679. The maximum absolute atomic E-state index is 11.8. The number of hydrogen-bond acceptors (Lipinski definition) is 4. The molecule has 3 rings (SSSR count). The van der Waals surface area contributed by atoms with E-state index >= 15 is 0 Å². The summed E-state index contributed by atoms with van der Waals surface area (Å²) in [6.45, 7) is 1.59. The van der Waals surface area contributed by atoms with Crippen molar-refractivity contribution in [1.29, 1.82) is 0 Å². The fraction of sp³-hybridized carbons (Fsp3) is 0.389. The first-order chi connectivity index (χ1) is 11.7. The molecule has 6 heteroatoms. The van der Waals surface area contributed by atoms with Gasteiger partial charge in [0.05, 0.1) is 24.3 Å². The van der Waals surface area contributed by atoms with Gasteiger partial charge in [-0.25, -0.2) is 0 Å². The van der Waals surface area contributed by atoms with E-state index in [2.05, 4.69) is 5.32 Å². The Morgan fingerprint density at radius 2 is 2.17 bits per heavy atom. The van der Waals surface area contributed by atoms with Crippen molar-refractivity contribution in [2.24, 2.45) is 0 Å². The molecule has 0 aliphatic carbocycles. The molecular formula is C18H20ClNO4. The number of benzene rings is 1. The van der Waals surface area contributed by atoms with E-state index in [-0.39, 0.29) is 18.6 Å². The van der Waals surface area contributed by atoms with Crippen molar-refractivity contribution in [1.82, 2.24) is 5.32 Å². The Hall–Kier alpha value is -1.82. The predicted molar refractivity (Wildman–Crippen MR) is 90.8 cm³/mol. The fourth-order valence-corrected chi connectivity index (χ4v) is 2.80. The first-order valence-corrected chi connectivity index (χ1v) is 8.40. The summed E-state index contributed by atoms with van der Waals surface area (Å²) >= 11 is 6.15. The number of hydrogen-bond donors (Lipinski definition) is 1. The average molecular weight is 350 g/mol. The summed E-state index contributed by atoms with van der Waals surface area (Å²) in [6, 6.07) is 11.1. The maximum atomic E-state index is 11.8. The molecule has 0 spiro atoms. The zero-order valence-electron chi connectivity index (χ0n) is 13.3. The zero-order chi connectivity index (χ0) is 16.8. The fourth-order valence-electron chi connectivity index (χ4n) is 2.57. The van der Waals surface area contributed by atoms with Crippen LogP contribution in [-0.2, 0) is 20.8 Å². The second-order valence-electron chi connectivity index (χ2n) is 5.67. The number of carbonyl (C=O) groups excluding carboxylic acids is 1. The van der Waals surface area contributed by atoms with Crippen LogP contribution >= 0.6 is 11.6 Å². The molecular weight excluding hydrogens is 330 g/mol. The van der Waals surface area contributed by atoms with Crippen LogP contribution in [0.1, 0.15) is 18.6 Å². The molecule has 1 atom stereocenters. The van der Waals surface area contributed by atoms with Crippen LogP contribution in [0.25, 0.3) is 11.3 Å². The molecule has 0 unspecified atom stereocenters. The quantitative estimate of drug-likeness (QED) is 0.832. The highest BCUT2D eigenvalue weighted by atomic mass is 35.5. The number of halogens is 1. The SMILES string of the molecule is O=C(COC[C@@H]1CCCO1)NCc1ccc(-c2ccccc2Cl)o1. The van der Waals surface area contributed by atoms with Crippen molar-refractivity contribution >= 4 is 17.5 Å². The van der Waals surface area contributed by atoms with E-state index in [0.717, 1.165) is 25.0 Å². The average Bonchev–Trinajstić information content (AvgIpc) is 3.25. The van der Waals surface area contributed by atoms with Crippen molar-refractivity contribution in [3.05, 3.63) is 47.2 Å². The van der Waals surface area contributed by atoms with Crippen molar-refractivity contribution < 1.29 is 18.7 Å². The Balaban J connectivity index is 1.43. The molecule has 24 heavy (non-hydrogen) atoms. The van der Waals surface area contributed by atoms with Gasteiger partial charge in [-0.05, 0) is 37.1 Å². The molecule has 1 fully saturated rings. The van der Waals surface area contributed by atoms with Crippen LogP contribution in [0.2, 0.25) is 5.02 Å². The minimum Gasteiger partial charge on any atom is -0.459 e. The highest BCUT2D eigenvalue weighted by molar-refractivity contribution is 6.33. The van der Waals surface area contributed by atoms with Crippen molar-refractivity contribution in [2.45, 2.75) is 25.5 Å². The number of furan rings is 1. The lowest BCUT2D eigenvalue weighted by molar-refractivity contribution is -0.127. The van der Waals surface area contributed by atoms with Gasteiger partial charge >= 0.3 is 0 Å². The van der Waals surface area contributed by atoms with E-state index in [1.54, 1.807) is 0 Å². The molecule has 1 saturated heterocycles. The zero-order valence-corrected chi connectivity index (χ0v) is 14.1. The summed E-state index contributed by atoms with van der Waals surface area (Å²) in [5.74, 6) is 1.17. The van der Waals surface area contributed by atoms with Gasteiger partial charge < -0.3 is 19.2 Å². The van der Waals surface area contributed by atoms with E-state index in [0.29, 0.717) is 29.7 Å². The largest absolute Gasteiger partial charge is 0.459 e. The van der Waals surface area contributed by atoms with Gasteiger partial charge in [0.1, 0.15) is 18.1 Å². The summed E-state index contributed by atoms with van der Waals surface area (Å²) in [5.41, 5.74) is 0.830. The van der Waals surface area contributed by atoms with Crippen LogP contribution in [0.15, 0.2) is 40.8 Å². The van der Waals surface area contributed by atoms with Crippen LogP contribution in [0.5, 0.6) is 0 Å². The molecule has 1 amide bonds. The Kier molecular flexibility index (Phi) is 5.91. The standard InChI is InChI=1S/C18H20ClNO4/c19-16-6-2-1-5-15(16)17-8-7-13(24-17)10-20-18(21)12-22-11-14-4-3-9-23-14/h1-2,5-8,14H,3-4,9-12H2,(H,20,21)/t14-/m0/s1. The number of amides is 1. The molecule has 5 nitrogen and oxygen atoms in total. The van der Waals surface area contributed by atoms with Gasteiger partial charge in [-0.2, -0.15) is 0 Å². The van der Waals surface area contributed by atoms with Gasteiger partial charge in [0.2, 0.25) is 5.91 Å². The van der Waals surface area contributed by atoms with Gasteiger partial charge in [-0.3, -0.25) is 4.79 Å². The molecule has 2 heterocycles. The van der Waals surface area contributed by atoms with Gasteiger partial charge in [-0.15, -0.1) is 0 Å². The van der Waals surface area contributed by atoms with E-state index in [4.69, 9.17) is 25.5 Å². The number of ether oxygens (including phenoxy) is 2. The predicted octanol–water partition coefficient (Wildman–Crippen LogP) is 3.41. The van der Waals surface area contributed by atoms with Gasteiger partial charge in [0, 0.05) is 12.2 Å². The number of carbonyl (C=O) groups is 1. The second-order valence-corrected chi connectivity index (χ2v) is 6.08. The van der Waals surface area contributed by atoms with E-state index < -0.39 is 0 Å². The van der Waals surface area contributed by atoms with E-state index in [9.17, 15) is 4.79 Å². The van der Waals surface area contributed by atoms with E-state index in [1.807, 2.05) is 36.4 Å². The highest BCUT2D eigenvalue weighted by Crippen LogP contribution is 2.28. The lowest BCUT2D eigenvalue weighted by atomic mass is 10.2. The van der Waals surface area contributed by atoms with Crippen LogP contribution in [0.4, 0.5) is 0 Å². The summed E-state index contributed by atoms with van der Waals surface area (Å²) in [4.78, 5) is 11.8. The molecule has 1 aromatic heterocycles. The second kappa shape index (κ2) is 8.33. The molecule has 2 aromatic rings. The normalized spacial score (nSPS) is 17.1. The molecule has 1 aliphatic heterocycles. The highest BCUT2D eigenvalue weighted by Gasteiger charge is 2.16. The van der Waals surface area contributed by atoms with Crippen LogP contribution in [0, 0.1) is 0 Å². The number of rotatable bonds is 7. The first-order valence-electron chi connectivity index (χ1n) is 8.02. The monoisotopic (exact) mass is 349 g/mol. The van der Waals surface area contributed by atoms with Gasteiger partial charge in [-0.1, -0.05) is 23.7 Å². The van der Waals surface area contributed by atoms with Gasteiger partial charge in [0.15, 0.2) is 0 Å². The third kappa shape index (κ3) is 4.60. The summed E-state index contributed by atoms with van der Waals surface area (Å²) in [6.07, 6.45) is 2.19. The van der Waals surface area contributed by atoms with Crippen molar-refractivity contribution in [3.63, 3.8) is 0 Å². The minimum atomic E-state index is -0.177. The molecule has 0 saturated carbocycles. The van der Waals surface area contributed by atoms with Gasteiger partial charge in [0.25, 0.3) is 0 Å². The van der Waals surface area contributed by atoms with Crippen molar-refractivity contribution in [3.8, 4) is 11.3 Å². The topological polar surface area (TPSA) is 60.7 Å². The third-order valence-electron chi connectivity index (χ3n) is 3.82. The molecule has 1 N–H and O–H groups in total. The Morgan fingerprint density at radius 3 is 2.96 bits per heavy atom. The van der Waals surface area contributed by atoms with Crippen molar-refractivity contribution in [2.75, 3.05) is 19.8 Å². The molecule has 0 radical (unpaired) electrons. The molecule has 1 aliphatic rings. The summed E-state index contributed by atoms with van der Waals surface area (Å²) < 4.78 is 16.5. The first kappa shape index (κ1) is 17.0. The van der Waals surface area contributed by atoms with Crippen LogP contribution in [-0.4, -0.2) is 31.8 Å². The lowest BCUT2D eigenvalue weighted by Crippen LogP contribution is -2.28. The third-order valence-corrected chi connectivity index (χ3v) is 4.15. The summed E-state index contributed by atoms with van der Waals surface area (Å²) in [7, 11) is 0. The number of nitrogens with one attached hydrogen (secondary N) is 1. The lowest BCUT2D eigenvalue weighted by Gasteiger charge is -2.09. The Labute approximate surface area is 145 Å². The molecule has 128 valence electrons. The molecule has 1 aromatic carbocycles. The minimum absolute atomic E-state index is 0.0257. The van der Waals surface area contributed by atoms with Crippen LogP contribution in [0.3, 0.4) is 0 Å². The molecule has 0 bridgehead atoms. The van der Waals surface area contributed by atoms with Crippen LogP contribution < -0.4 is 5.32 Å². The van der Waals surface area contributed by atoms with E-state index in [1.165, 1.54) is 0 Å².